The van der Waals surface area contributed by atoms with Crippen LogP contribution in [0.2, 0.25) is 0 Å². The largest absolute Gasteiger partial charge is 0.478 e. The lowest BCUT2D eigenvalue weighted by Crippen LogP contribution is -2.09. The van der Waals surface area contributed by atoms with Gasteiger partial charge in [-0.1, -0.05) is 32.1 Å². The Morgan fingerprint density at radius 3 is 2.61 bits per heavy atom. The maximum atomic E-state index is 11.2. The van der Waals surface area contributed by atoms with E-state index >= 15 is 0 Å². The van der Waals surface area contributed by atoms with Crippen LogP contribution >= 0.6 is 11.3 Å². The van der Waals surface area contributed by atoms with E-state index in [4.69, 9.17) is 9.97 Å². The number of fused-ring (bicyclic) bond motifs is 1. The lowest BCUT2D eigenvalue weighted by Gasteiger charge is -2.18. The second-order valence-electron chi connectivity index (χ2n) is 7.63. The highest BCUT2D eigenvalue weighted by Gasteiger charge is 2.17. The number of anilines is 2. The monoisotopic (exact) mass is 429 g/mol. The molecule has 4 aromatic rings. The van der Waals surface area contributed by atoms with Crippen LogP contribution in [-0.4, -0.2) is 21.0 Å². The molecular weight excluding hydrogens is 406 g/mol. The third kappa shape index (κ3) is 4.34. The molecule has 5 nitrogen and oxygen atoms in total. The van der Waals surface area contributed by atoms with Crippen LogP contribution in [0, 0.1) is 0 Å². The molecule has 0 saturated heterocycles. The summed E-state index contributed by atoms with van der Waals surface area (Å²) < 4.78 is 0. The number of thiophene rings is 1. The minimum Gasteiger partial charge on any atom is -0.478 e. The van der Waals surface area contributed by atoms with Crippen LogP contribution in [0.15, 0.2) is 65.9 Å². The molecule has 2 aromatic heterocycles. The zero-order valence-electron chi connectivity index (χ0n) is 17.4. The molecule has 0 aliphatic heterocycles. The molecule has 0 radical (unpaired) electrons. The molecule has 0 amide bonds. The van der Waals surface area contributed by atoms with E-state index in [1.165, 1.54) is 0 Å². The van der Waals surface area contributed by atoms with Crippen LogP contribution in [0.5, 0.6) is 0 Å². The minimum atomic E-state index is -0.929. The van der Waals surface area contributed by atoms with Gasteiger partial charge in [0.1, 0.15) is 5.82 Å². The standard InChI is InChI=1S/C25H23N3O2S/c1-4-5-21-22(15(2)3)27-23(19-10-11-31-14-19)28-24(21)26-20-9-8-16-12-18(25(29)30)7-6-17(16)13-20/h4,6-15H,1,5H2,2-3H3,(H,29,30)(H,26,27,28). The number of aromatic carboxylic acids is 1. The normalized spacial score (nSPS) is 11.1. The molecule has 0 fully saturated rings. The smallest absolute Gasteiger partial charge is 0.335 e. The second-order valence-corrected chi connectivity index (χ2v) is 8.41. The summed E-state index contributed by atoms with van der Waals surface area (Å²) >= 11 is 1.62. The Morgan fingerprint density at radius 2 is 1.94 bits per heavy atom. The van der Waals surface area contributed by atoms with Gasteiger partial charge in [-0.15, -0.1) is 6.58 Å². The summed E-state index contributed by atoms with van der Waals surface area (Å²) in [7, 11) is 0. The molecule has 0 saturated carbocycles. The number of carboxylic acid groups (broad SMARTS) is 1. The van der Waals surface area contributed by atoms with Gasteiger partial charge < -0.3 is 10.4 Å². The van der Waals surface area contributed by atoms with Gasteiger partial charge in [0, 0.05) is 22.2 Å². The number of rotatable bonds is 7. The molecule has 0 bridgehead atoms. The van der Waals surface area contributed by atoms with Gasteiger partial charge in [-0.3, -0.25) is 0 Å². The third-order valence-corrected chi connectivity index (χ3v) is 5.75. The Labute approximate surface area is 185 Å². The highest BCUT2D eigenvalue weighted by atomic mass is 32.1. The zero-order chi connectivity index (χ0) is 22.0. The molecule has 0 aliphatic carbocycles. The Balaban J connectivity index is 1.79. The van der Waals surface area contributed by atoms with Gasteiger partial charge in [0.2, 0.25) is 0 Å². The van der Waals surface area contributed by atoms with Crippen LogP contribution in [0.3, 0.4) is 0 Å². The van der Waals surface area contributed by atoms with Crippen molar-refractivity contribution in [1.82, 2.24) is 9.97 Å². The third-order valence-electron chi connectivity index (χ3n) is 5.06. The number of benzene rings is 2. The quantitative estimate of drug-likeness (QED) is 0.322. The summed E-state index contributed by atoms with van der Waals surface area (Å²) in [6.07, 6.45) is 2.53. The molecule has 0 spiro atoms. The molecule has 156 valence electrons. The van der Waals surface area contributed by atoms with Crippen LogP contribution in [0.4, 0.5) is 11.5 Å². The van der Waals surface area contributed by atoms with Crippen molar-refractivity contribution in [2.45, 2.75) is 26.2 Å². The van der Waals surface area contributed by atoms with Crippen LogP contribution in [-0.2, 0) is 6.42 Å². The fourth-order valence-electron chi connectivity index (χ4n) is 3.54. The van der Waals surface area contributed by atoms with Crippen molar-refractivity contribution in [2.24, 2.45) is 0 Å². The predicted octanol–water partition coefficient (Wildman–Crippen LogP) is 6.65. The number of hydrogen-bond acceptors (Lipinski definition) is 5. The van der Waals surface area contributed by atoms with E-state index in [2.05, 4.69) is 25.7 Å². The molecule has 0 atom stereocenters. The number of aromatic nitrogens is 2. The molecule has 2 N–H and O–H groups in total. The van der Waals surface area contributed by atoms with Gasteiger partial charge in [0.05, 0.1) is 11.3 Å². The Morgan fingerprint density at radius 1 is 1.16 bits per heavy atom. The van der Waals surface area contributed by atoms with E-state index in [0.29, 0.717) is 12.2 Å². The number of nitrogens with zero attached hydrogens (tertiary/aromatic N) is 2. The lowest BCUT2D eigenvalue weighted by molar-refractivity contribution is 0.0697. The van der Waals surface area contributed by atoms with Crippen molar-refractivity contribution in [3.63, 3.8) is 0 Å². The van der Waals surface area contributed by atoms with Crippen molar-refractivity contribution in [3.05, 3.63) is 82.7 Å². The molecule has 0 unspecified atom stereocenters. The second kappa shape index (κ2) is 8.70. The maximum absolute atomic E-state index is 11.2. The first-order valence-electron chi connectivity index (χ1n) is 10.0. The first-order valence-corrected chi connectivity index (χ1v) is 11.0. The van der Waals surface area contributed by atoms with Crippen LogP contribution in [0.1, 0.15) is 41.4 Å². The number of carbonyl (C=O) groups is 1. The van der Waals surface area contributed by atoms with Crippen LogP contribution in [0.25, 0.3) is 22.2 Å². The molecule has 0 aliphatic rings. The average molecular weight is 430 g/mol. The van der Waals surface area contributed by atoms with E-state index in [-0.39, 0.29) is 11.5 Å². The van der Waals surface area contributed by atoms with Crippen molar-refractivity contribution in [2.75, 3.05) is 5.32 Å². The van der Waals surface area contributed by atoms with Gasteiger partial charge in [0.25, 0.3) is 0 Å². The zero-order valence-corrected chi connectivity index (χ0v) is 18.2. The van der Waals surface area contributed by atoms with E-state index in [9.17, 15) is 9.90 Å². The van der Waals surface area contributed by atoms with E-state index in [1.54, 1.807) is 23.5 Å². The summed E-state index contributed by atoms with van der Waals surface area (Å²) in [4.78, 5) is 20.9. The summed E-state index contributed by atoms with van der Waals surface area (Å²) in [6, 6.07) is 13.0. The number of carboxylic acids is 1. The van der Waals surface area contributed by atoms with Gasteiger partial charge in [0.15, 0.2) is 5.82 Å². The Hall–Kier alpha value is -3.51. The summed E-state index contributed by atoms with van der Waals surface area (Å²) in [5.41, 5.74) is 4.19. The Kier molecular flexibility index (Phi) is 5.82. The number of hydrogen-bond donors (Lipinski definition) is 2. The SMILES string of the molecule is C=CCc1c(Nc2ccc3cc(C(=O)O)ccc3c2)nc(-c2ccsc2)nc1C(C)C. The predicted molar refractivity (Wildman–Crippen MR) is 128 cm³/mol. The van der Waals surface area contributed by atoms with Crippen LogP contribution < -0.4 is 5.32 Å². The summed E-state index contributed by atoms with van der Waals surface area (Å²) in [5.74, 6) is 0.775. The van der Waals surface area contributed by atoms with E-state index in [1.807, 2.05) is 47.2 Å². The molecule has 4 rings (SSSR count). The minimum absolute atomic E-state index is 0.238. The first-order chi connectivity index (χ1) is 15.0. The highest BCUT2D eigenvalue weighted by molar-refractivity contribution is 7.08. The van der Waals surface area contributed by atoms with Gasteiger partial charge in [-0.25, -0.2) is 14.8 Å². The molecule has 6 heteroatoms. The van der Waals surface area contributed by atoms with Gasteiger partial charge in [-0.05, 0) is 58.8 Å². The summed E-state index contributed by atoms with van der Waals surface area (Å²) in [5, 5.41) is 18.6. The van der Waals surface area contributed by atoms with E-state index in [0.717, 1.165) is 39.1 Å². The topological polar surface area (TPSA) is 75.1 Å². The van der Waals surface area contributed by atoms with E-state index < -0.39 is 5.97 Å². The number of nitrogens with one attached hydrogen (secondary N) is 1. The Bertz CT molecular complexity index is 1260. The van der Waals surface area contributed by atoms with Gasteiger partial charge in [-0.2, -0.15) is 11.3 Å². The molecule has 2 aromatic carbocycles. The summed E-state index contributed by atoms with van der Waals surface area (Å²) in [6.45, 7) is 8.17. The molecular formula is C25H23N3O2S. The lowest BCUT2D eigenvalue weighted by atomic mass is 10.0. The van der Waals surface area contributed by atoms with Crippen molar-refractivity contribution in [1.29, 1.82) is 0 Å². The molecule has 31 heavy (non-hydrogen) atoms. The van der Waals surface area contributed by atoms with Crippen molar-refractivity contribution in [3.8, 4) is 11.4 Å². The number of allylic oxidation sites excluding steroid dienone is 1. The fourth-order valence-corrected chi connectivity index (χ4v) is 4.18. The highest BCUT2D eigenvalue weighted by Crippen LogP contribution is 2.31. The van der Waals surface area contributed by atoms with Gasteiger partial charge >= 0.3 is 5.97 Å². The molecule has 2 heterocycles. The van der Waals surface area contributed by atoms with Crippen molar-refractivity contribution >= 4 is 39.6 Å². The van der Waals surface area contributed by atoms with Crippen molar-refractivity contribution < 1.29 is 9.90 Å². The fraction of sp³-hybridized carbons (Fsp3) is 0.160. The first kappa shape index (κ1) is 20.8. The average Bonchev–Trinajstić information content (AvgIpc) is 3.29. The maximum Gasteiger partial charge on any atom is 0.335 e.